The van der Waals surface area contributed by atoms with Crippen molar-refractivity contribution in [2.75, 3.05) is 26.0 Å². The van der Waals surface area contributed by atoms with Crippen LogP contribution in [0.1, 0.15) is 68.5 Å². The van der Waals surface area contributed by atoms with Gasteiger partial charge in [0.05, 0.1) is 11.8 Å². The van der Waals surface area contributed by atoms with Crippen LogP contribution < -0.4 is 20.7 Å². The molecule has 4 rings (SSSR count). The van der Waals surface area contributed by atoms with Gasteiger partial charge in [0.2, 0.25) is 0 Å². The molecule has 44 heavy (non-hydrogen) atoms. The van der Waals surface area contributed by atoms with Crippen LogP contribution in [0.5, 0.6) is 5.75 Å². The van der Waals surface area contributed by atoms with E-state index in [0.717, 1.165) is 50.3 Å². The standard InChI is InChI=1S/C19H23NO3.C14H16N4OS2/c1-13-9-10-14(2)17(11-13)23-12-15-7-5-6-8-16(15)18(22-4)19(21)20-3;1-3-9-12(21-14(18-9)16-4-2)13(19)17-10(8-15)11-6-5-7-20-11/h5-11,18H,12H2,1-4H3,(H,20,21);5-7,10H,3-4H2,1-2H3,(H,16,18)(H,17,19). The van der Waals surface area contributed by atoms with Gasteiger partial charge >= 0.3 is 0 Å². The van der Waals surface area contributed by atoms with Crippen LogP contribution in [0, 0.1) is 25.2 Å². The van der Waals surface area contributed by atoms with Gasteiger partial charge in [-0.1, -0.05) is 60.7 Å². The van der Waals surface area contributed by atoms with Crippen LogP contribution in [0.3, 0.4) is 0 Å². The van der Waals surface area contributed by atoms with E-state index in [1.165, 1.54) is 29.8 Å². The van der Waals surface area contributed by atoms with E-state index in [2.05, 4.69) is 33.1 Å². The van der Waals surface area contributed by atoms with Crippen molar-refractivity contribution in [2.45, 2.75) is 52.9 Å². The van der Waals surface area contributed by atoms with Gasteiger partial charge in [-0.15, -0.1) is 11.3 Å². The Labute approximate surface area is 267 Å². The average Bonchev–Trinajstić information content (AvgIpc) is 3.72. The van der Waals surface area contributed by atoms with Crippen molar-refractivity contribution in [2.24, 2.45) is 0 Å². The number of rotatable bonds is 12. The SMILES string of the molecule is CCNc1nc(CC)c(C(=O)NC(C#N)c2cccs2)s1.CNC(=O)C(OC)c1ccccc1COc1cc(C)ccc1C. The summed E-state index contributed by atoms with van der Waals surface area (Å²) in [6, 6.07) is 19.0. The van der Waals surface area contributed by atoms with E-state index in [-0.39, 0.29) is 11.8 Å². The summed E-state index contributed by atoms with van der Waals surface area (Å²) < 4.78 is 11.3. The number of anilines is 1. The van der Waals surface area contributed by atoms with Gasteiger partial charge in [0.25, 0.3) is 11.8 Å². The molecule has 2 unspecified atom stereocenters. The number of methoxy groups -OCH3 is 1. The van der Waals surface area contributed by atoms with Crippen LogP contribution in [0.2, 0.25) is 0 Å². The molecule has 2 aromatic carbocycles. The second-order valence-corrected chi connectivity index (χ2v) is 11.7. The molecule has 0 radical (unpaired) electrons. The zero-order chi connectivity index (χ0) is 32.1. The van der Waals surface area contributed by atoms with Gasteiger partial charge in [-0.05, 0) is 67.0 Å². The third-order valence-corrected chi connectivity index (χ3v) is 8.57. The average molecular weight is 634 g/mol. The first-order valence-corrected chi connectivity index (χ1v) is 15.9. The van der Waals surface area contributed by atoms with Crippen molar-refractivity contribution in [3.8, 4) is 11.8 Å². The Hall–Kier alpha value is -4.24. The van der Waals surface area contributed by atoms with E-state index in [9.17, 15) is 14.9 Å². The molecule has 0 aliphatic heterocycles. The molecule has 0 aliphatic carbocycles. The molecule has 232 valence electrons. The first-order chi connectivity index (χ1) is 21.3. The zero-order valence-electron chi connectivity index (χ0n) is 25.9. The van der Waals surface area contributed by atoms with Gasteiger partial charge in [-0.2, -0.15) is 5.26 Å². The second kappa shape index (κ2) is 17.2. The zero-order valence-corrected chi connectivity index (χ0v) is 27.5. The number of nitrogens with one attached hydrogen (secondary N) is 3. The minimum Gasteiger partial charge on any atom is -0.489 e. The van der Waals surface area contributed by atoms with E-state index in [0.29, 0.717) is 17.9 Å². The maximum atomic E-state index is 12.4. The molecular formula is C33H39N5O4S2. The highest BCUT2D eigenvalue weighted by atomic mass is 32.1. The van der Waals surface area contributed by atoms with Crippen LogP contribution in [0.15, 0.2) is 60.0 Å². The minimum absolute atomic E-state index is 0.174. The predicted molar refractivity (Wildman–Crippen MR) is 176 cm³/mol. The van der Waals surface area contributed by atoms with Gasteiger partial charge in [-0.3, -0.25) is 9.59 Å². The lowest BCUT2D eigenvalue weighted by atomic mass is 10.0. The highest BCUT2D eigenvalue weighted by Crippen LogP contribution is 2.26. The summed E-state index contributed by atoms with van der Waals surface area (Å²) >= 11 is 2.78. The summed E-state index contributed by atoms with van der Waals surface area (Å²) in [5, 5.41) is 20.4. The Morgan fingerprint density at radius 1 is 1.09 bits per heavy atom. The number of ether oxygens (including phenoxy) is 2. The number of likely N-dealkylation sites (N-methyl/N-ethyl adjacent to an activating group) is 1. The Kier molecular flexibility index (Phi) is 13.4. The molecule has 2 aromatic heterocycles. The summed E-state index contributed by atoms with van der Waals surface area (Å²) in [7, 11) is 3.13. The molecular weight excluding hydrogens is 595 g/mol. The van der Waals surface area contributed by atoms with Crippen molar-refractivity contribution < 1.29 is 19.1 Å². The van der Waals surface area contributed by atoms with Gasteiger partial charge < -0.3 is 25.4 Å². The minimum atomic E-state index is -0.640. The number of thiazole rings is 1. The van der Waals surface area contributed by atoms with Crippen LogP contribution in [-0.4, -0.2) is 37.5 Å². The van der Waals surface area contributed by atoms with E-state index in [4.69, 9.17) is 9.47 Å². The number of benzene rings is 2. The van der Waals surface area contributed by atoms with Gasteiger partial charge in [0.15, 0.2) is 17.3 Å². The maximum Gasteiger partial charge on any atom is 0.264 e. The van der Waals surface area contributed by atoms with E-state index >= 15 is 0 Å². The first kappa shape index (κ1) is 34.3. The molecule has 0 spiro atoms. The normalized spacial score (nSPS) is 11.8. The van der Waals surface area contributed by atoms with Crippen molar-refractivity contribution in [1.29, 1.82) is 5.26 Å². The Bertz CT molecular complexity index is 1560. The highest BCUT2D eigenvalue weighted by Gasteiger charge is 2.22. The number of hydrogen-bond acceptors (Lipinski definition) is 9. The first-order valence-electron chi connectivity index (χ1n) is 14.3. The summed E-state index contributed by atoms with van der Waals surface area (Å²) in [4.78, 5) is 30.2. The Morgan fingerprint density at radius 2 is 1.86 bits per heavy atom. The molecule has 2 heterocycles. The Morgan fingerprint density at radius 3 is 2.50 bits per heavy atom. The monoisotopic (exact) mass is 633 g/mol. The van der Waals surface area contributed by atoms with Crippen molar-refractivity contribution in [3.05, 3.63) is 97.7 Å². The number of aryl methyl sites for hydroxylation is 3. The molecule has 4 aromatic rings. The van der Waals surface area contributed by atoms with Gasteiger partial charge in [0, 0.05) is 25.6 Å². The summed E-state index contributed by atoms with van der Waals surface area (Å²) in [5.41, 5.74) is 4.75. The highest BCUT2D eigenvalue weighted by molar-refractivity contribution is 7.17. The van der Waals surface area contributed by atoms with Gasteiger partial charge in [0.1, 0.15) is 17.2 Å². The number of nitriles is 1. The number of carbonyl (C=O) groups is 2. The molecule has 3 N–H and O–H groups in total. The number of carbonyl (C=O) groups excluding carboxylic acids is 2. The fraction of sp³-hybridized carbons (Fsp3) is 0.333. The second-order valence-electron chi connectivity index (χ2n) is 9.72. The lowest BCUT2D eigenvalue weighted by molar-refractivity contribution is -0.130. The third-order valence-electron chi connectivity index (χ3n) is 6.58. The van der Waals surface area contributed by atoms with Gasteiger partial charge in [-0.25, -0.2) is 4.98 Å². The molecule has 0 aliphatic rings. The fourth-order valence-electron chi connectivity index (χ4n) is 4.26. The number of aromatic nitrogens is 1. The van der Waals surface area contributed by atoms with Crippen LogP contribution in [-0.2, 0) is 22.6 Å². The van der Waals surface area contributed by atoms with Crippen LogP contribution in [0.4, 0.5) is 5.13 Å². The quantitative estimate of drug-likeness (QED) is 0.162. The number of hydrogen-bond donors (Lipinski definition) is 3. The molecule has 0 bridgehead atoms. The van der Waals surface area contributed by atoms with Crippen molar-refractivity contribution in [1.82, 2.24) is 15.6 Å². The largest absolute Gasteiger partial charge is 0.489 e. The molecule has 0 saturated heterocycles. The third kappa shape index (κ3) is 9.13. The fourth-order valence-corrected chi connectivity index (χ4v) is 6.01. The molecule has 2 atom stereocenters. The number of nitrogens with zero attached hydrogens (tertiary/aromatic N) is 2. The van der Waals surface area contributed by atoms with Crippen LogP contribution in [0.25, 0.3) is 0 Å². The topological polar surface area (TPSA) is 125 Å². The maximum absolute atomic E-state index is 12.4. The molecule has 0 saturated carbocycles. The van der Waals surface area contributed by atoms with Crippen molar-refractivity contribution >= 4 is 39.6 Å². The van der Waals surface area contributed by atoms with Crippen molar-refractivity contribution in [3.63, 3.8) is 0 Å². The number of amides is 2. The predicted octanol–water partition coefficient (Wildman–Crippen LogP) is 6.51. The van der Waals surface area contributed by atoms with E-state index in [1.54, 1.807) is 7.05 Å². The lowest BCUT2D eigenvalue weighted by Crippen LogP contribution is -2.27. The number of thiophene rings is 1. The smallest absolute Gasteiger partial charge is 0.264 e. The van der Waals surface area contributed by atoms with E-state index in [1.807, 2.05) is 81.6 Å². The summed E-state index contributed by atoms with van der Waals surface area (Å²) in [5.74, 6) is 0.439. The molecule has 2 amide bonds. The van der Waals surface area contributed by atoms with Crippen LogP contribution >= 0.6 is 22.7 Å². The Balaban J connectivity index is 0.000000241. The molecule has 0 fully saturated rings. The lowest BCUT2D eigenvalue weighted by Gasteiger charge is -2.18. The summed E-state index contributed by atoms with van der Waals surface area (Å²) in [6.07, 6.45) is 0.0411. The molecule has 11 heteroatoms. The summed E-state index contributed by atoms with van der Waals surface area (Å²) in [6.45, 7) is 9.14. The molecule has 9 nitrogen and oxygen atoms in total. The van der Waals surface area contributed by atoms with E-state index < -0.39 is 12.1 Å².